The van der Waals surface area contributed by atoms with Gasteiger partial charge in [0.05, 0.1) is 6.54 Å². The summed E-state index contributed by atoms with van der Waals surface area (Å²) in [5.41, 5.74) is 0.330. The number of carbonyl (C=O) groups excluding carboxylic acids is 2. The number of benzene rings is 1. The van der Waals surface area contributed by atoms with Gasteiger partial charge in [0.15, 0.2) is 0 Å². The van der Waals surface area contributed by atoms with Crippen LogP contribution in [0.25, 0.3) is 0 Å². The van der Waals surface area contributed by atoms with Gasteiger partial charge < -0.3 is 14.4 Å². The van der Waals surface area contributed by atoms with Crippen molar-refractivity contribution in [2.45, 2.75) is 33.0 Å². The Bertz CT molecular complexity index is 564. The Kier molecular flexibility index (Phi) is 6.46. The predicted octanol–water partition coefficient (Wildman–Crippen LogP) is 2.60. The van der Waals surface area contributed by atoms with Crippen molar-refractivity contribution in [3.8, 4) is 11.8 Å². The summed E-state index contributed by atoms with van der Waals surface area (Å²) in [6, 6.07) is 9.33. The number of esters is 1. The molecule has 0 N–H and O–H groups in total. The molecule has 0 spiro atoms. The van der Waals surface area contributed by atoms with E-state index >= 15 is 0 Å². The van der Waals surface area contributed by atoms with Gasteiger partial charge in [-0.05, 0) is 26.3 Å². The number of nitrogens with zero attached hydrogens (tertiary/aromatic N) is 1. The fourth-order valence-corrected chi connectivity index (χ4v) is 1.39. The van der Waals surface area contributed by atoms with Gasteiger partial charge in [-0.1, -0.05) is 36.3 Å². The molecule has 0 saturated carbocycles. The smallest absolute Gasteiger partial charge is 0.410 e. The lowest BCUT2D eigenvalue weighted by molar-refractivity contribution is -0.137. The minimum absolute atomic E-state index is 0.0926. The highest BCUT2D eigenvalue weighted by atomic mass is 16.6. The van der Waals surface area contributed by atoms with Crippen LogP contribution in [-0.2, 0) is 20.9 Å². The Balaban J connectivity index is 2.36. The van der Waals surface area contributed by atoms with Crippen molar-refractivity contribution in [3.63, 3.8) is 0 Å². The molecule has 1 rings (SSSR count). The van der Waals surface area contributed by atoms with Crippen molar-refractivity contribution in [3.05, 3.63) is 35.9 Å². The maximum atomic E-state index is 11.7. The van der Waals surface area contributed by atoms with Crippen LogP contribution in [0.3, 0.4) is 0 Å². The zero-order valence-corrected chi connectivity index (χ0v) is 13.4. The van der Waals surface area contributed by atoms with E-state index in [9.17, 15) is 9.59 Å². The van der Waals surface area contributed by atoms with Crippen LogP contribution in [0.5, 0.6) is 0 Å². The third kappa shape index (κ3) is 7.34. The molecule has 0 aliphatic rings. The number of rotatable bonds is 3. The predicted molar refractivity (Wildman–Crippen MR) is 82.9 cm³/mol. The Morgan fingerprint density at radius 3 is 2.41 bits per heavy atom. The number of amides is 1. The van der Waals surface area contributed by atoms with Crippen LogP contribution in [0.1, 0.15) is 26.3 Å². The third-order valence-electron chi connectivity index (χ3n) is 2.42. The number of hydrogen-bond acceptors (Lipinski definition) is 4. The summed E-state index contributed by atoms with van der Waals surface area (Å²) >= 11 is 0. The molecule has 0 heterocycles. The maximum Gasteiger partial charge on any atom is 0.410 e. The van der Waals surface area contributed by atoms with Crippen LogP contribution >= 0.6 is 0 Å². The first kappa shape index (κ1) is 17.6. The molecule has 0 bridgehead atoms. The molecule has 22 heavy (non-hydrogen) atoms. The van der Waals surface area contributed by atoms with Gasteiger partial charge in [-0.25, -0.2) is 9.59 Å². The lowest BCUT2D eigenvalue weighted by Gasteiger charge is -2.23. The molecule has 1 aromatic carbocycles. The van der Waals surface area contributed by atoms with Gasteiger partial charge in [-0.2, -0.15) is 0 Å². The summed E-state index contributed by atoms with van der Waals surface area (Å²) in [6.45, 7) is 5.62. The Morgan fingerprint density at radius 2 is 1.82 bits per heavy atom. The first-order chi connectivity index (χ1) is 10.3. The monoisotopic (exact) mass is 303 g/mol. The lowest BCUT2D eigenvalue weighted by Crippen LogP contribution is -2.34. The van der Waals surface area contributed by atoms with E-state index in [-0.39, 0.29) is 13.2 Å². The minimum Gasteiger partial charge on any atom is -0.451 e. The van der Waals surface area contributed by atoms with E-state index < -0.39 is 17.7 Å². The van der Waals surface area contributed by atoms with Crippen molar-refractivity contribution in [1.82, 2.24) is 4.90 Å². The maximum absolute atomic E-state index is 11.7. The van der Waals surface area contributed by atoms with E-state index in [0.717, 1.165) is 5.56 Å². The lowest BCUT2D eigenvalue weighted by atomic mass is 10.2. The largest absolute Gasteiger partial charge is 0.451 e. The molecule has 0 unspecified atom stereocenters. The topological polar surface area (TPSA) is 55.8 Å². The Hall–Kier alpha value is -2.48. The van der Waals surface area contributed by atoms with Gasteiger partial charge in [0.25, 0.3) is 0 Å². The summed E-state index contributed by atoms with van der Waals surface area (Å²) in [4.78, 5) is 24.4. The molecule has 0 aliphatic carbocycles. The molecule has 118 valence electrons. The van der Waals surface area contributed by atoms with Gasteiger partial charge in [0.1, 0.15) is 12.2 Å². The average molecular weight is 303 g/mol. The fraction of sp³-hybridized carbons (Fsp3) is 0.412. The van der Waals surface area contributed by atoms with Crippen molar-refractivity contribution in [1.29, 1.82) is 0 Å². The van der Waals surface area contributed by atoms with Crippen LogP contribution in [0.2, 0.25) is 0 Å². The van der Waals surface area contributed by atoms with Crippen molar-refractivity contribution in [2.24, 2.45) is 0 Å². The minimum atomic E-state index is -0.624. The van der Waals surface area contributed by atoms with Gasteiger partial charge in [-0.15, -0.1) is 0 Å². The summed E-state index contributed by atoms with van der Waals surface area (Å²) in [6.07, 6.45) is -0.487. The molecule has 5 heteroatoms. The van der Waals surface area contributed by atoms with Crippen LogP contribution < -0.4 is 0 Å². The van der Waals surface area contributed by atoms with E-state index in [1.807, 2.05) is 30.3 Å². The summed E-state index contributed by atoms with van der Waals surface area (Å²) in [5, 5.41) is 0. The first-order valence-corrected chi connectivity index (χ1v) is 6.91. The molecule has 0 radical (unpaired) electrons. The second-order valence-corrected chi connectivity index (χ2v) is 5.70. The average Bonchev–Trinajstić information content (AvgIpc) is 2.44. The highest BCUT2D eigenvalue weighted by molar-refractivity contribution is 5.88. The molecule has 0 atom stereocenters. The van der Waals surface area contributed by atoms with Gasteiger partial charge in [0, 0.05) is 13.0 Å². The standard InChI is InChI=1S/C17H21NO4/c1-17(2,3)22-16(20)18(4)12-8-11-15(19)21-13-14-9-6-5-7-10-14/h5-7,9-10H,12-13H2,1-4H3. The molecular weight excluding hydrogens is 282 g/mol. The highest BCUT2D eigenvalue weighted by Crippen LogP contribution is 2.08. The SMILES string of the molecule is CN(CC#CC(=O)OCc1ccccc1)C(=O)OC(C)(C)C. The molecule has 1 aromatic rings. The summed E-state index contributed by atoms with van der Waals surface area (Å²) in [7, 11) is 1.55. The van der Waals surface area contributed by atoms with Crippen LogP contribution in [0.4, 0.5) is 4.79 Å². The molecule has 0 fully saturated rings. The van der Waals surface area contributed by atoms with Crippen LogP contribution in [-0.4, -0.2) is 36.2 Å². The number of hydrogen-bond donors (Lipinski definition) is 0. The zero-order valence-electron chi connectivity index (χ0n) is 13.4. The normalized spacial score (nSPS) is 10.2. The molecule has 1 amide bonds. The fourth-order valence-electron chi connectivity index (χ4n) is 1.39. The van der Waals surface area contributed by atoms with Crippen molar-refractivity contribution >= 4 is 12.1 Å². The van der Waals surface area contributed by atoms with Gasteiger partial charge in [0.2, 0.25) is 0 Å². The second kappa shape index (κ2) is 8.08. The van der Waals surface area contributed by atoms with E-state index in [4.69, 9.17) is 9.47 Å². The number of carbonyl (C=O) groups is 2. The summed E-state index contributed by atoms with van der Waals surface area (Å²) < 4.78 is 10.2. The summed E-state index contributed by atoms with van der Waals surface area (Å²) in [5.74, 6) is 4.31. The van der Waals surface area contributed by atoms with Crippen LogP contribution in [0.15, 0.2) is 30.3 Å². The highest BCUT2D eigenvalue weighted by Gasteiger charge is 2.18. The quantitative estimate of drug-likeness (QED) is 0.489. The van der Waals surface area contributed by atoms with E-state index in [0.29, 0.717) is 0 Å². The molecule has 0 saturated heterocycles. The van der Waals surface area contributed by atoms with E-state index in [1.54, 1.807) is 27.8 Å². The zero-order chi connectivity index (χ0) is 16.6. The van der Waals surface area contributed by atoms with Crippen molar-refractivity contribution < 1.29 is 19.1 Å². The first-order valence-electron chi connectivity index (χ1n) is 6.91. The van der Waals surface area contributed by atoms with E-state index in [2.05, 4.69) is 11.8 Å². The molecule has 0 aromatic heterocycles. The Labute approximate surface area is 131 Å². The van der Waals surface area contributed by atoms with Crippen molar-refractivity contribution in [2.75, 3.05) is 13.6 Å². The second-order valence-electron chi connectivity index (χ2n) is 5.70. The third-order valence-corrected chi connectivity index (χ3v) is 2.42. The number of ether oxygens (including phenoxy) is 2. The molecule has 5 nitrogen and oxygen atoms in total. The molecular formula is C17H21NO4. The van der Waals surface area contributed by atoms with Gasteiger partial charge in [-0.3, -0.25) is 0 Å². The van der Waals surface area contributed by atoms with Crippen LogP contribution in [0, 0.1) is 11.8 Å². The molecule has 0 aliphatic heterocycles. The Morgan fingerprint density at radius 1 is 1.18 bits per heavy atom. The van der Waals surface area contributed by atoms with E-state index in [1.165, 1.54) is 4.90 Å². The van der Waals surface area contributed by atoms with Gasteiger partial charge >= 0.3 is 12.1 Å².